The molecule has 0 amide bonds. The summed E-state index contributed by atoms with van der Waals surface area (Å²) >= 11 is 7.24. The van der Waals surface area contributed by atoms with E-state index in [1.54, 1.807) is 0 Å². The van der Waals surface area contributed by atoms with Gasteiger partial charge in [-0.2, -0.15) is 0 Å². The molecule has 0 unspecified atom stereocenters. The third-order valence-corrected chi connectivity index (χ3v) is 3.10. The predicted octanol–water partition coefficient (Wildman–Crippen LogP) is 2.76. The van der Waals surface area contributed by atoms with E-state index in [0.29, 0.717) is 16.5 Å². The Kier molecular flexibility index (Phi) is 3.91. The van der Waals surface area contributed by atoms with Crippen molar-refractivity contribution in [1.29, 1.82) is 0 Å². The van der Waals surface area contributed by atoms with E-state index in [1.165, 1.54) is 31.0 Å². The number of thioether (sulfide) groups is 1. The van der Waals surface area contributed by atoms with Crippen LogP contribution < -0.4 is 4.74 Å². The van der Waals surface area contributed by atoms with Crippen LogP contribution in [0.25, 0.3) is 11.4 Å². The number of aromatic amines is 1. The van der Waals surface area contributed by atoms with Crippen molar-refractivity contribution < 1.29 is 9.66 Å². The molecule has 0 fully saturated rings. The first kappa shape index (κ1) is 13.6. The predicted molar refractivity (Wildman–Crippen MR) is 71.8 cm³/mol. The van der Waals surface area contributed by atoms with Crippen molar-refractivity contribution in [1.82, 2.24) is 15.2 Å². The molecular weight excluding hydrogens is 292 g/mol. The van der Waals surface area contributed by atoms with Crippen LogP contribution in [0.4, 0.5) is 5.69 Å². The highest BCUT2D eigenvalue weighted by Crippen LogP contribution is 2.39. The summed E-state index contributed by atoms with van der Waals surface area (Å²) in [4.78, 5) is 14.6. The highest BCUT2D eigenvalue weighted by Gasteiger charge is 2.23. The smallest absolute Gasteiger partial charge is 0.313 e. The minimum absolute atomic E-state index is 0.0956. The van der Waals surface area contributed by atoms with Crippen LogP contribution in [0.15, 0.2) is 17.3 Å². The minimum atomic E-state index is -0.555. The van der Waals surface area contributed by atoms with Gasteiger partial charge in [0.2, 0.25) is 10.9 Å². The van der Waals surface area contributed by atoms with Crippen molar-refractivity contribution in [3.05, 3.63) is 27.3 Å². The van der Waals surface area contributed by atoms with Crippen LogP contribution in [0.3, 0.4) is 0 Å². The second-order valence-electron chi connectivity index (χ2n) is 3.43. The Bertz CT molecular complexity index is 631. The molecule has 0 aliphatic rings. The molecule has 1 N–H and O–H groups in total. The Morgan fingerprint density at radius 3 is 2.79 bits per heavy atom. The summed E-state index contributed by atoms with van der Waals surface area (Å²) in [5.41, 5.74) is 0.182. The Morgan fingerprint density at radius 2 is 2.26 bits per heavy atom. The summed E-state index contributed by atoms with van der Waals surface area (Å²) in [5.74, 6) is 0.463. The van der Waals surface area contributed by atoms with Crippen molar-refractivity contribution in [2.24, 2.45) is 0 Å². The molecule has 2 rings (SSSR count). The number of hydrogen-bond donors (Lipinski definition) is 1. The number of ether oxygens (including phenoxy) is 1. The van der Waals surface area contributed by atoms with E-state index >= 15 is 0 Å². The molecule has 19 heavy (non-hydrogen) atoms. The Balaban J connectivity index is 2.64. The zero-order chi connectivity index (χ0) is 14.0. The van der Waals surface area contributed by atoms with Crippen molar-refractivity contribution in [3.63, 3.8) is 0 Å². The standard InChI is InChI=1S/C10H9ClN4O3S/c1-18-8-6(9-12-10(19-2)14-13-9)3-5(11)4-7(8)15(16)17/h3-4H,1-2H3,(H,12,13,14). The molecule has 0 aliphatic heterocycles. The Hall–Kier alpha value is -1.80. The summed E-state index contributed by atoms with van der Waals surface area (Å²) < 4.78 is 5.10. The van der Waals surface area contributed by atoms with Crippen LogP contribution in [0.5, 0.6) is 5.75 Å². The Labute approximate surface area is 117 Å². The molecule has 0 bridgehead atoms. The molecule has 7 nitrogen and oxygen atoms in total. The van der Waals surface area contributed by atoms with E-state index in [1.807, 2.05) is 6.26 Å². The molecule has 0 saturated heterocycles. The monoisotopic (exact) mass is 300 g/mol. The number of nitrogens with zero attached hydrogens (tertiary/aromatic N) is 3. The van der Waals surface area contributed by atoms with Gasteiger partial charge in [0, 0.05) is 11.1 Å². The number of nitro groups is 1. The number of hydrogen-bond acceptors (Lipinski definition) is 6. The summed E-state index contributed by atoms with van der Waals surface area (Å²) in [6.45, 7) is 0. The maximum atomic E-state index is 11.0. The van der Waals surface area contributed by atoms with Crippen LogP contribution in [-0.4, -0.2) is 33.5 Å². The molecular formula is C10H9ClN4O3S. The number of benzene rings is 1. The van der Waals surface area contributed by atoms with Gasteiger partial charge in [0.05, 0.1) is 17.6 Å². The van der Waals surface area contributed by atoms with Crippen molar-refractivity contribution in [2.45, 2.75) is 5.16 Å². The van der Waals surface area contributed by atoms with Gasteiger partial charge < -0.3 is 4.74 Å². The molecule has 0 spiro atoms. The van der Waals surface area contributed by atoms with Gasteiger partial charge in [-0.15, -0.1) is 5.10 Å². The first-order valence-electron chi connectivity index (χ1n) is 5.05. The van der Waals surface area contributed by atoms with Gasteiger partial charge in [0.1, 0.15) is 0 Å². The van der Waals surface area contributed by atoms with E-state index in [-0.39, 0.29) is 16.5 Å². The number of aromatic nitrogens is 3. The number of rotatable bonds is 4. The van der Waals surface area contributed by atoms with Crippen LogP contribution in [-0.2, 0) is 0 Å². The van der Waals surface area contributed by atoms with Gasteiger partial charge in [0.15, 0.2) is 5.82 Å². The molecule has 0 atom stereocenters. The topological polar surface area (TPSA) is 93.9 Å². The lowest BCUT2D eigenvalue weighted by atomic mass is 10.1. The zero-order valence-electron chi connectivity index (χ0n) is 10.0. The quantitative estimate of drug-likeness (QED) is 0.530. The highest BCUT2D eigenvalue weighted by atomic mass is 35.5. The number of nitro benzene ring substituents is 1. The fourth-order valence-corrected chi connectivity index (χ4v) is 2.10. The SMILES string of the molecule is COc1c(-c2nc(SC)n[nH]2)cc(Cl)cc1[N+](=O)[O-]. The lowest BCUT2D eigenvalue weighted by Gasteiger charge is -2.07. The third-order valence-electron chi connectivity index (χ3n) is 2.34. The fraction of sp³-hybridized carbons (Fsp3) is 0.200. The summed E-state index contributed by atoms with van der Waals surface area (Å²) in [6, 6.07) is 2.77. The van der Waals surface area contributed by atoms with Crippen LogP contribution in [0.1, 0.15) is 0 Å². The summed E-state index contributed by atoms with van der Waals surface area (Å²) in [6.07, 6.45) is 1.82. The molecule has 1 heterocycles. The second-order valence-corrected chi connectivity index (χ2v) is 4.64. The van der Waals surface area contributed by atoms with Crippen LogP contribution in [0, 0.1) is 10.1 Å². The van der Waals surface area contributed by atoms with Crippen molar-refractivity contribution >= 4 is 29.1 Å². The number of methoxy groups -OCH3 is 1. The highest BCUT2D eigenvalue weighted by molar-refractivity contribution is 7.98. The number of H-pyrrole nitrogens is 1. The third kappa shape index (κ3) is 2.64. The molecule has 9 heteroatoms. The maximum Gasteiger partial charge on any atom is 0.313 e. The molecule has 100 valence electrons. The zero-order valence-corrected chi connectivity index (χ0v) is 11.6. The van der Waals surface area contributed by atoms with Crippen LogP contribution >= 0.6 is 23.4 Å². The normalized spacial score (nSPS) is 10.5. The molecule has 0 radical (unpaired) electrons. The van der Waals surface area contributed by atoms with Gasteiger partial charge >= 0.3 is 5.69 Å². The average molecular weight is 301 g/mol. The van der Waals surface area contributed by atoms with Gasteiger partial charge in [0.25, 0.3) is 0 Å². The summed E-state index contributed by atoms with van der Waals surface area (Å²) in [7, 11) is 1.35. The molecule has 1 aromatic carbocycles. The van der Waals surface area contributed by atoms with Gasteiger partial charge in [-0.1, -0.05) is 23.4 Å². The van der Waals surface area contributed by atoms with E-state index < -0.39 is 4.92 Å². The largest absolute Gasteiger partial charge is 0.490 e. The van der Waals surface area contributed by atoms with Gasteiger partial charge in [-0.05, 0) is 12.3 Å². The van der Waals surface area contributed by atoms with Gasteiger partial charge in [-0.3, -0.25) is 15.2 Å². The molecule has 0 saturated carbocycles. The van der Waals surface area contributed by atoms with E-state index in [2.05, 4.69) is 15.2 Å². The Morgan fingerprint density at radius 1 is 1.53 bits per heavy atom. The van der Waals surface area contributed by atoms with Crippen molar-refractivity contribution in [2.75, 3.05) is 13.4 Å². The lowest BCUT2D eigenvalue weighted by Crippen LogP contribution is -1.97. The van der Waals surface area contributed by atoms with Crippen LogP contribution in [0.2, 0.25) is 5.02 Å². The molecule has 0 aliphatic carbocycles. The minimum Gasteiger partial charge on any atom is -0.490 e. The summed E-state index contributed by atoms with van der Waals surface area (Å²) in [5, 5.41) is 18.4. The number of nitrogens with one attached hydrogen (secondary N) is 1. The first-order chi connectivity index (χ1) is 9.06. The second kappa shape index (κ2) is 5.45. The fourth-order valence-electron chi connectivity index (χ4n) is 1.56. The van der Waals surface area contributed by atoms with E-state index in [0.717, 1.165) is 0 Å². The van der Waals surface area contributed by atoms with E-state index in [4.69, 9.17) is 16.3 Å². The lowest BCUT2D eigenvalue weighted by molar-refractivity contribution is -0.385. The molecule has 2 aromatic rings. The number of halogens is 1. The average Bonchev–Trinajstić information content (AvgIpc) is 2.86. The first-order valence-corrected chi connectivity index (χ1v) is 6.65. The maximum absolute atomic E-state index is 11.0. The van der Waals surface area contributed by atoms with Crippen molar-refractivity contribution in [3.8, 4) is 17.1 Å². The van der Waals surface area contributed by atoms with Gasteiger partial charge in [-0.25, -0.2) is 4.98 Å². The molecule has 1 aromatic heterocycles. The van der Waals surface area contributed by atoms with E-state index in [9.17, 15) is 10.1 Å².